The molecular weight excluding hydrogens is 200 g/mol. The summed E-state index contributed by atoms with van der Waals surface area (Å²) in [5.74, 6) is 0. The first-order valence-electron chi connectivity index (χ1n) is 5.52. The SMILES string of the molecule is Cc1ccccc1-c1conc1CCCN. The van der Waals surface area contributed by atoms with Gasteiger partial charge in [-0.15, -0.1) is 0 Å². The van der Waals surface area contributed by atoms with Gasteiger partial charge in [-0.05, 0) is 37.4 Å². The minimum atomic E-state index is 0.681. The second-order valence-electron chi connectivity index (χ2n) is 3.88. The van der Waals surface area contributed by atoms with E-state index < -0.39 is 0 Å². The van der Waals surface area contributed by atoms with E-state index in [1.54, 1.807) is 6.26 Å². The van der Waals surface area contributed by atoms with E-state index in [0.717, 1.165) is 24.1 Å². The lowest BCUT2D eigenvalue weighted by Crippen LogP contribution is -2.01. The average molecular weight is 216 g/mol. The van der Waals surface area contributed by atoms with Gasteiger partial charge in [0.1, 0.15) is 6.26 Å². The van der Waals surface area contributed by atoms with Crippen LogP contribution >= 0.6 is 0 Å². The van der Waals surface area contributed by atoms with Crippen LogP contribution in [0.3, 0.4) is 0 Å². The van der Waals surface area contributed by atoms with Crippen molar-refractivity contribution in [3.05, 3.63) is 41.8 Å². The van der Waals surface area contributed by atoms with Crippen LogP contribution in [0.4, 0.5) is 0 Å². The second-order valence-corrected chi connectivity index (χ2v) is 3.88. The summed E-state index contributed by atoms with van der Waals surface area (Å²) in [6.07, 6.45) is 3.52. The number of benzene rings is 1. The van der Waals surface area contributed by atoms with Crippen molar-refractivity contribution in [1.29, 1.82) is 0 Å². The number of nitrogens with two attached hydrogens (primary N) is 1. The Bertz CT molecular complexity index is 462. The van der Waals surface area contributed by atoms with Gasteiger partial charge >= 0.3 is 0 Å². The van der Waals surface area contributed by atoms with Crippen LogP contribution in [0, 0.1) is 6.92 Å². The van der Waals surface area contributed by atoms with Crippen LogP contribution in [0.25, 0.3) is 11.1 Å². The van der Waals surface area contributed by atoms with Gasteiger partial charge in [-0.1, -0.05) is 29.4 Å². The fraction of sp³-hybridized carbons (Fsp3) is 0.308. The maximum Gasteiger partial charge on any atom is 0.131 e. The van der Waals surface area contributed by atoms with Gasteiger partial charge in [0.2, 0.25) is 0 Å². The van der Waals surface area contributed by atoms with E-state index in [1.807, 2.05) is 12.1 Å². The fourth-order valence-corrected chi connectivity index (χ4v) is 1.80. The number of aryl methyl sites for hydroxylation is 2. The fourth-order valence-electron chi connectivity index (χ4n) is 1.80. The Labute approximate surface area is 95.3 Å². The van der Waals surface area contributed by atoms with Crippen molar-refractivity contribution in [2.45, 2.75) is 19.8 Å². The van der Waals surface area contributed by atoms with Crippen LogP contribution in [0.5, 0.6) is 0 Å². The van der Waals surface area contributed by atoms with Crippen LogP contribution < -0.4 is 5.73 Å². The first kappa shape index (κ1) is 10.9. The molecule has 0 unspecified atom stereocenters. The van der Waals surface area contributed by atoms with Gasteiger partial charge in [-0.25, -0.2) is 0 Å². The molecule has 2 aromatic rings. The third-order valence-corrected chi connectivity index (χ3v) is 2.70. The lowest BCUT2D eigenvalue weighted by molar-refractivity contribution is 0.411. The molecule has 2 rings (SSSR count). The average Bonchev–Trinajstić information content (AvgIpc) is 2.75. The van der Waals surface area contributed by atoms with Gasteiger partial charge in [0.05, 0.1) is 5.69 Å². The predicted molar refractivity (Wildman–Crippen MR) is 64.1 cm³/mol. The van der Waals surface area contributed by atoms with Crippen molar-refractivity contribution in [1.82, 2.24) is 5.16 Å². The van der Waals surface area contributed by atoms with Crippen molar-refractivity contribution >= 4 is 0 Å². The van der Waals surface area contributed by atoms with E-state index in [-0.39, 0.29) is 0 Å². The summed E-state index contributed by atoms with van der Waals surface area (Å²) in [5, 5.41) is 4.04. The Kier molecular flexibility index (Phi) is 3.37. The summed E-state index contributed by atoms with van der Waals surface area (Å²) in [7, 11) is 0. The van der Waals surface area contributed by atoms with Crippen LogP contribution in [-0.2, 0) is 6.42 Å². The molecule has 16 heavy (non-hydrogen) atoms. The largest absolute Gasteiger partial charge is 0.364 e. The Morgan fingerprint density at radius 2 is 2.06 bits per heavy atom. The minimum Gasteiger partial charge on any atom is -0.364 e. The zero-order valence-electron chi connectivity index (χ0n) is 9.44. The van der Waals surface area contributed by atoms with Crippen molar-refractivity contribution in [2.24, 2.45) is 5.73 Å². The van der Waals surface area contributed by atoms with Gasteiger partial charge in [-0.3, -0.25) is 0 Å². The monoisotopic (exact) mass is 216 g/mol. The van der Waals surface area contributed by atoms with Gasteiger partial charge in [0.25, 0.3) is 0 Å². The molecule has 0 saturated heterocycles. The summed E-state index contributed by atoms with van der Waals surface area (Å²) in [6.45, 7) is 2.77. The van der Waals surface area contributed by atoms with Crippen LogP contribution in [-0.4, -0.2) is 11.7 Å². The summed E-state index contributed by atoms with van der Waals surface area (Å²) < 4.78 is 5.06. The maximum absolute atomic E-state index is 5.51. The van der Waals surface area contributed by atoms with Gasteiger partial charge in [-0.2, -0.15) is 0 Å². The van der Waals surface area contributed by atoms with Gasteiger partial charge in [0.15, 0.2) is 0 Å². The topological polar surface area (TPSA) is 52.0 Å². The number of aromatic nitrogens is 1. The highest BCUT2D eigenvalue weighted by molar-refractivity contribution is 5.68. The van der Waals surface area contributed by atoms with Crippen LogP contribution in [0.2, 0.25) is 0 Å². The molecular formula is C13H16N2O. The highest BCUT2D eigenvalue weighted by Crippen LogP contribution is 2.26. The zero-order valence-corrected chi connectivity index (χ0v) is 9.44. The van der Waals surface area contributed by atoms with E-state index in [1.165, 1.54) is 11.1 Å². The van der Waals surface area contributed by atoms with Crippen molar-refractivity contribution < 1.29 is 4.52 Å². The number of rotatable bonds is 4. The zero-order chi connectivity index (χ0) is 11.4. The van der Waals surface area contributed by atoms with Crippen molar-refractivity contribution in [3.8, 4) is 11.1 Å². The van der Waals surface area contributed by atoms with Gasteiger partial charge < -0.3 is 10.3 Å². The first-order valence-corrected chi connectivity index (χ1v) is 5.52. The van der Waals surface area contributed by atoms with E-state index in [0.29, 0.717) is 6.54 Å². The van der Waals surface area contributed by atoms with Crippen molar-refractivity contribution in [3.63, 3.8) is 0 Å². The Hall–Kier alpha value is -1.61. The number of nitrogens with zero attached hydrogens (tertiary/aromatic N) is 1. The molecule has 3 nitrogen and oxygen atoms in total. The molecule has 0 aliphatic rings. The Morgan fingerprint density at radius 1 is 1.25 bits per heavy atom. The van der Waals surface area contributed by atoms with E-state index in [2.05, 4.69) is 24.2 Å². The molecule has 0 atom stereocenters. The second kappa shape index (κ2) is 4.94. The van der Waals surface area contributed by atoms with Crippen molar-refractivity contribution in [2.75, 3.05) is 6.54 Å². The molecule has 0 amide bonds. The third kappa shape index (κ3) is 2.14. The van der Waals surface area contributed by atoms with Crippen LogP contribution in [0.1, 0.15) is 17.7 Å². The molecule has 2 N–H and O–H groups in total. The molecule has 1 aromatic heterocycles. The molecule has 0 aliphatic carbocycles. The standard InChI is InChI=1S/C13H16N2O/c1-10-5-2-3-6-11(10)12-9-16-15-13(12)7-4-8-14/h2-3,5-6,9H,4,7-8,14H2,1H3. The summed E-state index contributed by atoms with van der Waals surface area (Å²) in [5.41, 5.74) is 10.0. The molecule has 1 aromatic carbocycles. The van der Waals surface area contributed by atoms with E-state index >= 15 is 0 Å². The molecule has 84 valence electrons. The third-order valence-electron chi connectivity index (χ3n) is 2.70. The quantitative estimate of drug-likeness (QED) is 0.854. The molecule has 0 spiro atoms. The minimum absolute atomic E-state index is 0.681. The summed E-state index contributed by atoms with van der Waals surface area (Å²) >= 11 is 0. The van der Waals surface area contributed by atoms with E-state index in [4.69, 9.17) is 10.3 Å². The first-order chi connectivity index (χ1) is 7.83. The highest BCUT2D eigenvalue weighted by Gasteiger charge is 2.10. The molecule has 0 saturated carbocycles. The smallest absolute Gasteiger partial charge is 0.131 e. The number of hydrogen-bond donors (Lipinski definition) is 1. The molecule has 3 heteroatoms. The molecule has 0 bridgehead atoms. The van der Waals surface area contributed by atoms with E-state index in [9.17, 15) is 0 Å². The highest BCUT2D eigenvalue weighted by atomic mass is 16.5. The normalized spacial score (nSPS) is 10.6. The lowest BCUT2D eigenvalue weighted by atomic mass is 10.00. The Morgan fingerprint density at radius 3 is 2.81 bits per heavy atom. The summed E-state index contributed by atoms with van der Waals surface area (Å²) in [4.78, 5) is 0. The lowest BCUT2D eigenvalue weighted by Gasteiger charge is -2.04. The molecule has 1 heterocycles. The maximum atomic E-state index is 5.51. The number of hydrogen-bond acceptors (Lipinski definition) is 3. The Balaban J connectivity index is 2.33. The molecule has 0 radical (unpaired) electrons. The van der Waals surface area contributed by atoms with Gasteiger partial charge in [0, 0.05) is 5.56 Å². The summed E-state index contributed by atoms with van der Waals surface area (Å²) in [6, 6.07) is 8.25. The van der Waals surface area contributed by atoms with Crippen LogP contribution in [0.15, 0.2) is 35.1 Å². The molecule has 0 fully saturated rings. The predicted octanol–water partition coefficient (Wildman–Crippen LogP) is 2.54. The molecule has 0 aliphatic heterocycles.